The van der Waals surface area contributed by atoms with Gasteiger partial charge in [-0.15, -0.1) is 0 Å². The second-order valence-corrected chi connectivity index (χ2v) is 7.84. The third-order valence-electron chi connectivity index (χ3n) is 5.87. The van der Waals surface area contributed by atoms with Gasteiger partial charge >= 0.3 is 0 Å². The number of halogens is 1. The largest absolute Gasteiger partial charge is 0.389 e. The highest BCUT2D eigenvalue weighted by molar-refractivity contribution is 5.79. The van der Waals surface area contributed by atoms with Gasteiger partial charge in [0.1, 0.15) is 5.82 Å². The smallest absolute Gasteiger partial charge is 0.237 e. The third kappa shape index (κ3) is 4.26. The van der Waals surface area contributed by atoms with Crippen molar-refractivity contribution in [2.75, 3.05) is 19.6 Å². The Labute approximate surface area is 155 Å². The number of rotatable bonds is 6. The first-order chi connectivity index (χ1) is 12.5. The molecule has 144 valence electrons. The fraction of sp³-hybridized carbons (Fsp3) is 0.667. The number of nitrogens with zero attached hydrogens (tertiary/aromatic N) is 1. The van der Waals surface area contributed by atoms with Crippen LogP contribution in [0.5, 0.6) is 0 Å². The molecule has 1 atom stereocenters. The van der Waals surface area contributed by atoms with Crippen LogP contribution in [0.25, 0.3) is 0 Å². The summed E-state index contributed by atoms with van der Waals surface area (Å²) in [5.41, 5.74) is 1.04. The number of nitrogens with one attached hydrogen (secondary N) is 1. The molecule has 2 N–H and O–H groups in total. The molecule has 1 amide bonds. The molecule has 0 saturated heterocycles. The van der Waals surface area contributed by atoms with E-state index in [2.05, 4.69) is 12.2 Å². The third-order valence-corrected chi connectivity index (χ3v) is 5.87. The number of carbonyl (C=O) groups is 1. The van der Waals surface area contributed by atoms with E-state index in [1.54, 1.807) is 6.07 Å². The van der Waals surface area contributed by atoms with Crippen molar-refractivity contribution >= 4 is 5.91 Å². The van der Waals surface area contributed by atoms with Crippen LogP contribution in [0.2, 0.25) is 0 Å². The van der Waals surface area contributed by atoms with Gasteiger partial charge in [-0.25, -0.2) is 4.39 Å². The summed E-state index contributed by atoms with van der Waals surface area (Å²) >= 11 is 0. The molecule has 5 heteroatoms. The van der Waals surface area contributed by atoms with Crippen LogP contribution in [0.4, 0.5) is 4.39 Å². The Kier molecular flexibility index (Phi) is 6.30. The molecule has 2 aliphatic rings. The Morgan fingerprint density at radius 2 is 2.12 bits per heavy atom. The van der Waals surface area contributed by atoms with Crippen molar-refractivity contribution in [3.8, 4) is 0 Å². The van der Waals surface area contributed by atoms with Gasteiger partial charge in [-0.1, -0.05) is 44.7 Å². The number of benzene rings is 1. The lowest BCUT2D eigenvalue weighted by Crippen LogP contribution is -2.48. The second kappa shape index (κ2) is 8.49. The van der Waals surface area contributed by atoms with E-state index < -0.39 is 5.60 Å². The Hall–Kier alpha value is -1.46. The Morgan fingerprint density at radius 1 is 1.35 bits per heavy atom. The first-order valence-electron chi connectivity index (χ1n) is 10.0. The average molecular weight is 362 g/mol. The van der Waals surface area contributed by atoms with Crippen LogP contribution in [0.1, 0.15) is 69.0 Å². The van der Waals surface area contributed by atoms with Crippen molar-refractivity contribution in [1.82, 2.24) is 10.2 Å². The predicted octanol–water partition coefficient (Wildman–Crippen LogP) is 3.34. The SMILES string of the molecule is CCCC1c2c(F)cccc2CCN1C(=O)CNCC1(O)CCCCC1. The fourth-order valence-corrected chi connectivity index (χ4v) is 4.49. The molecule has 0 spiro atoms. The molecule has 0 aromatic heterocycles. The number of hydrogen-bond donors (Lipinski definition) is 2. The molecule has 4 nitrogen and oxygen atoms in total. The van der Waals surface area contributed by atoms with Crippen LogP contribution < -0.4 is 5.32 Å². The molecule has 3 rings (SSSR count). The van der Waals surface area contributed by atoms with Crippen LogP contribution in [0.3, 0.4) is 0 Å². The molecule has 1 aliphatic heterocycles. The highest BCUT2D eigenvalue weighted by atomic mass is 19.1. The quantitative estimate of drug-likeness (QED) is 0.816. The maximum absolute atomic E-state index is 14.4. The lowest BCUT2D eigenvalue weighted by Gasteiger charge is -2.38. The monoisotopic (exact) mass is 362 g/mol. The summed E-state index contributed by atoms with van der Waals surface area (Å²) in [7, 11) is 0. The van der Waals surface area contributed by atoms with E-state index in [9.17, 15) is 14.3 Å². The van der Waals surface area contributed by atoms with E-state index in [0.717, 1.165) is 44.1 Å². The van der Waals surface area contributed by atoms with Crippen LogP contribution in [-0.4, -0.2) is 41.1 Å². The van der Waals surface area contributed by atoms with E-state index in [-0.39, 0.29) is 24.3 Å². The number of hydrogen-bond acceptors (Lipinski definition) is 3. The van der Waals surface area contributed by atoms with Gasteiger partial charge in [-0.2, -0.15) is 0 Å². The Morgan fingerprint density at radius 3 is 2.85 bits per heavy atom. The topological polar surface area (TPSA) is 52.6 Å². The molecular weight excluding hydrogens is 331 g/mol. The first kappa shape index (κ1) is 19.3. The van der Waals surface area contributed by atoms with Crippen molar-refractivity contribution in [3.63, 3.8) is 0 Å². The number of amides is 1. The highest BCUT2D eigenvalue weighted by Crippen LogP contribution is 2.35. The molecule has 0 radical (unpaired) electrons. The maximum atomic E-state index is 14.4. The molecule has 1 unspecified atom stereocenters. The summed E-state index contributed by atoms with van der Waals surface area (Å²) in [6, 6.07) is 5.03. The summed E-state index contributed by atoms with van der Waals surface area (Å²) in [6.45, 7) is 3.35. The van der Waals surface area contributed by atoms with Gasteiger partial charge in [0.15, 0.2) is 0 Å². The fourth-order valence-electron chi connectivity index (χ4n) is 4.49. The van der Waals surface area contributed by atoms with Gasteiger partial charge in [0.05, 0.1) is 18.2 Å². The lowest BCUT2D eigenvalue weighted by molar-refractivity contribution is -0.133. The van der Waals surface area contributed by atoms with Gasteiger partial charge in [0, 0.05) is 18.7 Å². The van der Waals surface area contributed by atoms with E-state index in [4.69, 9.17) is 0 Å². The average Bonchev–Trinajstić information content (AvgIpc) is 2.62. The van der Waals surface area contributed by atoms with Gasteiger partial charge in [-0.3, -0.25) is 4.79 Å². The molecule has 1 aromatic rings. The van der Waals surface area contributed by atoms with Crippen molar-refractivity contribution < 1.29 is 14.3 Å². The van der Waals surface area contributed by atoms with Crippen molar-refractivity contribution in [2.45, 2.75) is 69.9 Å². The van der Waals surface area contributed by atoms with Crippen molar-refractivity contribution in [1.29, 1.82) is 0 Å². The Bertz CT molecular complexity index is 628. The summed E-state index contributed by atoms with van der Waals surface area (Å²) in [5, 5.41) is 13.7. The molecular formula is C21H31FN2O2. The minimum atomic E-state index is -0.679. The predicted molar refractivity (Wildman–Crippen MR) is 100 cm³/mol. The molecule has 26 heavy (non-hydrogen) atoms. The van der Waals surface area contributed by atoms with E-state index in [0.29, 0.717) is 25.1 Å². The van der Waals surface area contributed by atoms with Crippen LogP contribution in [0, 0.1) is 5.82 Å². The molecule has 1 fully saturated rings. The van der Waals surface area contributed by atoms with E-state index >= 15 is 0 Å². The van der Waals surface area contributed by atoms with Crippen molar-refractivity contribution in [2.24, 2.45) is 0 Å². The van der Waals surface area contributed by atoms with Gasteiger partial charge in [0.25, 0.3) is 0 Å². The van der Waals surface area contributed by atoms with E-state index in [1.165, 1.54) is 12.5 Å². The van der Waals surface area contributed by atoms with Crippen LogP contribution in [0.15, 0.2) is 18.2 Å². The minimum Gasteiger partial charge on any atom is -0.389 e. The lowest BCUT2D eigenvalue weighted by atomic mass is 9.85. The summed E-state index contributed by atoms with van der Waals surface area (Å²) in [6.07, 6.45) is 7.24. The van der Waals surface area contributed by atoms with E-state index in [1.807, 2.05) is 11.0 Å². The van der Waals surface area contributed by atoms with Crippen LogP contribution >= 0.6 is 0 Å². The number of aliphatic hydroxyl groups is 1. The zero-order chi connectivity index (χ0) is 18.6. The molecule has 1 saturated carbocycles. The van der Waals surface area contributed by atoms with Crippen LogP contribution in [-0.2, 0) is 11.2 Å². The summed E-state index contributed by atoms with van der Waals surface area (Å²) < 4.78 is 14.4. The standard InChI is InChI=1S/C21H31FN2O2/c1-2-7-18-20-16(8-6-9-17(20)22)10-13-24(18)19(25)14-23-15-21(26)11-4-3-5-12-21/h6,8-9,18,23,26H,2-5,7,10-15H2,1H3. The molecule has 0 bridgehead atoms. The minimum absolute atomic E-state index is 0.00300. The number of fused-ring (bicyclic) bond motifs is 1. The Balaban J connectivity index is 1.63. The van der Waals surface area contributed by atoms with Gasteiger partial charge < -0.3 is 15.3 Å². The second-order valence-electron chi connectivity index (χ2n) is 7.84. The molecule has 1 aromatic carbocycles. The zero-order valence-electron chi connectivity index (χ0n) is 15.8. The van der Waals surface area contributed by atoms with Gasteiger partial charge in [0.2, 0.25) is 5.91 Å². The number of carbonyl (C=O) groups excluding carboxylic acids is 1. The first-order valence-corrected chi connectivity index (χ1v) is 10.0. The van der Waals surface area contributed by atoms with Gasteiger partial charge in [-0.05, 0) is 37.3 Å². The zero-order valence-corrected chi connectivity index (χ0v) is 15.8. The maximum Gasteiger partial charge on any atom is 0.237 e. The normalized spacial score (nSPS) is 22.1. The summed E-state index contributed by atoms with van der Waals surface area (Å²) in [4.78, 5) is 14.6. The highest BCUT2D eigenvalue weighted by Gasteiger charge is 2.33. The van der Waals surface area contributed by atoms with Crippen molar-refractivity contribution in [3.05, 3.63) is 35.1 Å². The molecule has 1 heterocycles. The summed E-state index contributed by atoms with van der Waals surface area (Å²) in [5.74, 6) is -0.209. The molecule has 1 aliphatic carbocycles.